The third-order valence-electron chi connectivity index (χ3n) is 10.6. The smallest absolute Gasteiger partial charge is 0.264 e. The lowest BCUT2D eigenvalue weighted by Crippen LogP contribution is -2.56. The molecule has 0 saturated heterocycles. The van der Waals surface area contributed by atoms with E-state index < -0.39 is 26.8 Å². The maximum Gasteiger partial charge on any atom is 0.264 e. The summed E-state index contributed by atoms with van der Waals surface area (Å²) < 4.78 is 37.2. The third-order valence-corrected chi connectivity index (χ3v) is 12.8. The molecule has 47 heavy (non-hydrogen) atoms. The van der Waals surface area contributed by atoms with Crippen molar-refractivity contribution in [3.05, 3.63) is 82.4 Å². The minimum Gasteiger partial charge on any atom is -0.487 e. The van der Waals surface area contributed by atoms with E-state index >= 15 is 0 Å². The molecule has 2 aliphatic heterocycles. The Bertz CT molecular complexity index is 1790. The molecule has 3 aromatic rings. The van der Waals surface area contributed by atoms with Crippen molar-refractivity contribution in [3.8, 4) is 5.75 Å². The van der Waals surface area contributed by atoms with Crippen LogP contribution in [-0.4, -0.2) is 52.5 Å². The van der Waals surface area contributed by atoms with Gasteiger partial charge in [0, 0.05) is 36.6 Å². The van der Waals surface area contributed by atoms with Gasteiger partial charge in [0.25, 0.3) is 5.91 Å². The fourth-order valence-corrected chi connectivity index (χ4v) is 8.94. The van der Waals surface area contributed by atoms with Gasteiger partial charge in [-0.25, -0.2) is 18.1 Å². The van der Waals surface area contributed by atoms with Gasteiger partial charge in [0.2, 0.25) is 10.0 Å². The first-order chi connectivity index (χ1) is 22.3. The second-order valence-electron chi connectivity index (χ2n) is 13.8. The molecule has 12 heteroatoms. The van der Waals surface area contributed by atoms with Gasteiger partial charge in [-0.3, -0.25) is 9.48 Å². The number of sulfonamides is 1. The number of benzene rings is 2. The van der Waals surface area contributed by atoms with Gasteiger partial charge >= 0.3 is 0 Å². The number of fused-ring (bicyclic) bond motifs is 3. The fourth-order valence-electron chi connectivity index (χ4n) is 7.46. The number of rotatable bonds is 1. The Kier molecular flexibility index (Phi) is 9.19. The highest BCUT2D eigenvalue weighted by molar-refractivity contribution is 7.90. The Balaban J connectivity index is 1.47. The molecule has 1 aliphatic carbocycles. The SMILES string of the molecule is C[C@@H]1[C@@H](C)C/C=C/[C@](O)(c2ncnn2C)[C@@H]2CCC2(C)CN2CCCCc3cc(Cl)ccc3COc3ccc(cc32)C(=O)NS1(=O)=O. The van der Waals surface area contributed by atoms with Crippen molar-refractivity contribution in [2.75, 3.05) is 18.0 Å². The van der Waals surface area contributed by atoms with Crippen LogP contribution < -0.4 is 14.4 Å². The number of allylic oxidation sites excluding steroid dienone is 1. The number of anilines is 1. The summed E-state index contributed by atoms with van der Waals surface area (Å²) in [5.74, 6) is -0.161. The van der Waals surface area contributed by atoms with E-state index in [2.05, 4.69) is 26.6 Å². The van der Waals surface area contributed by atoms with Crippen LogP contribution in [0.5, 0.6) is 5.75 Å². The highest BCUT2D eigenvalue weighted by Gasteiger charge is 2.56. The predicted octanol–water partition coefficient (Wildman–Crippen LogP) is 5.54. The number of carbonyl (C=O) groups is 1. The number of carbonyl (C=O) groups excluding carboxylic acids is 1. The molecule has 6 rings (SSSR count). The molecular weight excluding hydrogens is 638 g/mol. The summed E-state index contributed by atoms with van der Waals surface area (Å²) in [7, 11) is -2.24. The van der Waals surface area contributed by atoms with Gasteiger partial charge in [-0.15, -0.1) is 0 Å². The van der Waals surface area contributed by atoms with E-state index in [0.29, 0.717) is 48.4 Å². The number of halogens is 1. The van der Waals surface area contributed by atoms with E-state index in [-0.39, 0.29) is 22.8 Å². The number of amides is 1. The minimum atomic E-state index is -4.01. The van der Waals surface area contributed by atoms with Crippen molar-refractivity contribution in [2.45, 2.75) is 76.8 Å². The van der Waals surface area contributed by atoms with E-state index in [4.69, 9.17) is 16.3 Å². The molecule has 10 nitrogen and oxygen atoms in total. The Hall–Kier alpha value is -3.41. The molecular formula is C35H44ClN5O5S. The van der Waals surface area contributed by atoms with Crippen LogP contribution in [0.15, 0.2) is 54.9 Å². The molecule has 0 spiro atoms. The first-order valence-electron chi connectivity index (χ1n) is 16.4. The Morgan fingerprint density at radius 3 is 2.66 bits per heavy atom. The molecule has 1 fully saturated rings. The summed E-state index contributed by atoms with van der Waals surface area (Å²) in [6.45, 7) is 7.21. The molecule has 1 amide bonds. The number of aromatic nitrogens is 3. The number of hydrogen-bond donors (Lipinski definition) is 2. The number of aryl methyl sites for hydroxylation is 2. The Morgan fingerprint density at radius 1 is 1.13 bits per heavy atom. The summed E-state index contributed by atoms with van der Waals surface area (Å²) in [5.41, 5.74) is 1.38. The van der Waals surface area contributed by atoms with Crippen molar-refractivity contribution in [3.63, 3.8) is 0 Å². The summed E-state index contributed by atoms with van der Waals surface area (Å²) in [5, 5.41) is 16.6. The summed E-state index contributed by atoms with van der Waals surface area (Å²) in [6.07, 6.45) is 9.75. The van der Waals surface area contributed by atoms with Crippen molar-refractivity contribution in [1.29, 1.82) is 0 Å². The monoisotopic (exact) mass is 681 g/mol. The quantitative estimate of drug-likeness (QED) is 0.321. The number of aliphatic hydroxyl groups is 1. The van der Waals surface area contributed by atoms with Gasteiger partial charge < -0.3 is 14.7 Å². The number of nitrogens with zero attached hydrogens (tertiary/aromatic N) is 4. The van der Waals surface area contributed by atoms with Gasteiger partial charge in [0.05, 0.1) is 10.9 Å². The average molecular weight is 682 g/mol. The minimum absolute atomic E-state index is 0.195. The van der Waals surface area contributed by atoms with Crippen LogP contribution in [0.4, 0.5) is 5.69 Å². The standard InChI is InChI=1S/C35H44ClN5O5S/c1-23-8-7-15-35(43,33-37-22-38-40(33)4)31-14-16-34(31,3)21-41-17-6-5-9-25-18-28(36)12-10-27(25)20-46-30-13-11-26(19-29(30)41)32(42)39-47(44,45)24(23)2/h7,10-13,15,18-19,22-24,31,43H,5-6,8-9,14,16-17,20-21H2,1-4H3,(H,39,42)/b15-7+/t23-,24+,31+,34?,35+/m0/s1. The lowest BCUT2D eigenvalue weighted by molar-refractivity contribution is -0.105. The Labute approximate surface area is 282 Å². The summed E-state index contributed by atoms with van der Waals surface area (Å²) in [4.78, 5) is 20.2. The van der Waals surface area contributed by atoms with Crippen LogP contribution in [0.1, 0.15) is 80.2 Å². The van der Waals surface area contributed by atoms with Crippen LogP contribution in [0, 0.1) is 17.3 Å². The van der Waals surface area contributed by atoms with E-state index in [1.165, 1.54) is 6.33 Å². The Morgan fingerprint density at radius 2 is 1.94 bits per heavy atom. The second-order valence-corrected chi connectivity index (χ2v) is 16.3. The van der Waals surface area contributed by atoms with Gasteiger partial charge in [0.1, 0.15) is 24.3 Å². The first kappa shape index (κ1) is 33.5. The lowest BCUT2D eigenvalue weighted by atomic mass is 9.54. The number of hydrogen-bond acceptors (Lipinski definition) is 8. The van der Waals surface area contributed by atoms with Crippen LogP contribution in [0.25, 0.3) is 0 Å². The van der Waals surface area contributed by atoms with Crippen LogP contribution in [-0.2, 0) is 35.7 Å². The molecule has 1 unspecified atom stereocenters. The maximum atomic E-state index is 13.5. The van der Waals surface area contributed by atoms with Gasteiger partial charge in [-0.1, -0.05) is 37.6 Å². The molecule has 2 aromatic carbocycles. The average Bonchev–Trinajstić information content (AvgIpc) is 3.45. The predicted molar refractivity (Wildman–Crippen MR) is 182 cm³/mol. The van der Waals surface area contributed by atoms with Crippen LogP contribution in [0.3, 0.4) is 0 Å². The van der Waals surface area contributed by atoms with E-state index in [9.17, 15) is 18.3 Å². The number of nitrogens with one attached hydrogen (secondary N) is 1. The molecule has 2 bridgehead atoms. The second kappa shape index (κ2) is 12.9. The highest BCUT2D eigenvalue weighted by Crippen LogP contribution is 2.56. The third kappa shape index (κ3) is 6.54. The van der Waals surface area contributed by atoms with E-state index in [1.54, 1.807) is 42.9 Å². The van der Waals surface area contributed by atoms with E-state index in [1.807, 2.05) is 31.2 Å². The normalized spacial score (nSPS) is 30.4. The molecule has 252 valence electrons. The molecule has 2 N–H and O–H groups in total. The van der Waals surface area contributed by atoms with Gasteiger partial charge in [-0.05, 0) is 104 Å². The summed E-state index contributed by atoms with van der Waals surface area (Å²) in [6, 6.07) is 11.0. The summed E-state index contributed by atoms with van der Waals surface area (Å²) >= 11 is 6.35. The maximum absolute atomic E-state index is 13.5. The molecule has 3 aliphatic rings. The molecule has 5 atom stereocenters. The zero-order chi connectivity index (χ0) is 33.6. The van der Waals surface area contributed by atoms with Gasteiger partial charge in [0.15, 0.2) is 5.82 Å². The lowest BCUT2D eigenvalue weighted by Gasteiger charge is -2.55. The highest BCUT2D eigenvalue weighted by atomic mass is 35.5. The number of ether oxygens (including phenoxy) is 1. The molecule has 0 radical (unpaired) electrons. The largest absolute Gasteiger partial charge is 0.487 e. The van der Waals surface area contributed by atoms with E-state index in [0.717, 1.165) is 43.2 Å². The topological polar surface area (TPSA) is 127 Å². The van der Waals surface area contributed by atoms with Crippen molar-refractivity contribution in [1.82, 2.24) is 19.5 Å². The van der Waals surface area contributed by atoms with Crippen molar-refractivity contribution >= 4 is 33.2 Å². The van der Waals surface area contributed by atoms with Crippen molar-refractivity contribution < 1.29 is 23.1 Å². The van der Waals surface area contributed by atoms with Crippen LogP contribution in [0.2, 0.25) is 5.02 Å². The molecule has 1 aromatic heterocycles. The zero-order valence-corrected chi connectivity index (χ0v) is 29.0. The first-order valence-corrected chi connectivity index (χ1v) is 18.3. The van der Waals surface area contributed by atoms with Crippen LogP contribution >= 0.6 is 11.6 Å². The zero-order valence-electron chi connectivity index (χ0n) is 27.4. The molecule has 3 heterocycles. The fraction of sp³-hybridized carbons (Fsp3) is 0.514. The van der Waals surface area contributed by atoms with Crippen molar-refractivity contribution in [2.24, 2.45) is 24.3 Å². The molecule has 1 saturated carbocycles. The van der Waals surface area contributed by atoms with Gasteiger partial charge in [-0.2, -0.15) is 5.10 Å².